The Hall–Kier alpha value is -2.59. The summed E-state index contributed by atoms with van der Waals surface area (Å²) in [6, 6.07) is 14.1. The van der Waals surface area contributed by atoms with Gasteiger partial charge in [-0.15, -0.1) is 0 Å². The van der Waals surface area contributed by atoms with E-state index in [0.717, 1.165) is 44.1 Å². The van der Waals surface area contributed by atoms with E-state index in [1.54, 1.807) is 6.07 Å². The van der Waals surface area contributed by atoms with E-state index < -0.39 is 11.9 Å². The molecule has 0 radical (unpaired) electrons. The van der Waals surface area contributed by atoms with E-state index in [-0.39, 0.29) is 0 Å². The van der Waals surface area contributed by atoms with Crippen LogP contribution in [0.15, 0.2) is 42.5 Å². The molecule has 1 aromatic carbocycles. The Bertz CT molecular complexity index is 872. The van der Waals surface area contributed by atoms with Gasteiger partial charge in [0.25, 0.3) is 0 Å². The quantitative estimate of drug-likeness (QED) is 0.798. The van der Waals surface area contributed by atoms with Crippen LogP contribution >= 0.6 is 0 Å². The Morgan fingerprint density at radius 2 is 1.82 bits per heavy atom. The molecule has 2 aromatic rings. The lowest BCUT2D eigenvalue weighted by molar-refractivity contribution is -0.141. The molecule has 2 aliphatic rings. The smallest absolute Gasteiger partial charge is 0.355 e. The van der Waals surface area contributed by atoms with E-state index in [9.17, 15) is 13.2 Å². The molecule has 0 saturated carbocycles. The van der Waals surface area contributed by atoms with Crippen LogP contribution in [0.4, 0.5) is 19.0 Å². The first kappa shape index (κ1) is 18.8. The first-order valence-corrected chi connectivity index (χ1v) is 9.46. The van der Waals surface area contributed by atoms with Crippen molar-refractivity contribution in [2.75, 3.05) is 24.5 Å². The zero-order chi connectivity index (χ0) is 19.7. The molecule has 2 unspecified atom stereocenters. The lowest BCUT2D eigenvalue weighted by Crippen LogP contribution is -2.48. The molecule has 146 valence electrons. The molecule has 4 rings (SSSR count). The van der Waals surface area contributed by atoms with E-state index in [1.165, 1.54) is 6.07 Å². The number of hydrogen-bond acceptors (Lipinski definition) is 4. The van der Waals surface area contributed by atoms with Crippen LogP contribution in [0.25, 0.3) is 0 Å². The summed E-state index contributed by atoms with van der Waals surface area (Å²) in [7, 11) is 0. The molecular weight excluding hydrogens is 365 g/mol. The van der Waals surface area contributed by atoms with Crippen molar-refractivity contribution < 1.29 is 13.2 Å². The summed E-state index contributed by atoms with van der Waals surface area (Å²) in [4.78, 5) is 8.25. The fraction of sp³-hybridized carbons (Fsp3) is 0.429. The van der Waals surface area contributed by atoms with Crippen molar-refractivity contribution in [1.29, 1.82) is 5.26 Å². The zero-order valence-electron chi connectivity index (χ0n) is 15.4. The lowest BCUT2D eigenvalue weighted by Gasteiger charge is -2.39. The molecular formula is C21H21F3N4. The Balaban J connectivity index is 1.48. The summed E-state index contributed by atoms with van der Waals surface area (Å²) in [6.07, 6.45) is -2.35. The molecule has 2 aliphatic heterocycles. The highest BCUT2D eigenvalue weighted by Gasteiger charge is 2.39. The van der Waals surface area contributed by atoms with E-state index in [0.29, 0.717) is 29.9 Å². The van der Waals surface area contributed by atoms with E-state index in [4.69, 9.17) is 5.26 Å². The van der Waals surface area contributed by atoms with Gasteiger partial charge < -0.3 is 4.90 Å². The summed E-state index contributed by atoms with van der Waals surface area (Å²) in [5.41, 5.74) is 0.949. The van der Waals surface area contributed by atoms with E-state index in [2.05, 4.69) is 16.0 Å². The number of fused-ring (bicyclic) bond motifs is 1. The number of rotatable bonds is 3. The second-order valence-electron chi connectivity index (χ2n) is 7.51. The number of anilines is 1. The van der Waals surface area contributed by atoms with Gasteiger partial charge in [0, 0.05) is 25.7 Å². The third-order valence-electron chi connectivity index (χ3n) is 5.80. The lowest BCUT2D eigenvalue weighted by atomic mass is 9.92. The van der Waals surface area contributed by atoms with Crippen LogP contribution in [0, 0.1) is 17.2 Å². The molecule has 0 aliphatic carbocycles. The fourth-order valence-electron chi connectivity index (χ4n) is 4.31. The highest BCUT2D eigenvalue weighted by Crippen LogP contribution is 2.35. The Kier molecular flexibility index (Phi) is 4.98. The van der Waals surface area contributed by atoms with Crippen molar-refractivity contribution in [1.82, 2.24) is 9.88 Å². The molecule has 2 fully saturated rings. The second-order valence-corrected chi connectivity index (χ2v) is 7.51. The van der Waals surface area contributed by atoms with Gasteiger partial charge in [-0.25, -0.2) is 4.98 Å². The maximum Gasteiger partial charge on any atom is 0.433 e. The van der Waals surface area contributed by atoms with Gasteiger partial charge in [0.05, 0.1) is 11.6 Å². The van der Waals surface area contributed by atoms with Crippen molar-refractivity contribution in [3.8, 4) is 6.07 Å². The summed E-state index contributed by atoms with van der Waals surface area (Å²) in [5, 5.41) is 8.93. The molecule has 3 heterocycles. The van der Waals surface area contributed by atoms with Crippen molar-refractivity contribution >= 4 is 5.82 Å². The molecule has 0 N–H and O–H groups in total. The summed E-state index contributed by atoms with van der Waals surface area (Å²) in [6.45, 7) is 3.20. The van der Waals surface area contributed by atoms with Gasteiger partial charge >= 0.3 is 6.18 Å². The molecule has 0 bridgehead atoms. The average Bonchev–Trinajstić information content (AvgIpc) is 3.10. The molecule has 0 amide bonds. The van der Waals surface area contributed by atoms with Gasteiger partial charge in [0.2, 0.25) is 0 Å². The van der Waals surface area contributed by atoms with Gasteiger partial charge in [-0.3, -0.25) is 4.90 Å². The minimum atomic E-state index is -4.43. The highest BCUT2D eigenvalue weighted by molar-refractivity contribution is 5.41. The van der Waals surface area contributed by atoms with Crippen LogP contribution in [0.1, 0.15) is 29.7 Å². The highest BCUT2D eigenvalue weighted by atomic mass is 19.4. The van der Waals surface area contributed by atoms with Crippen LogP contribution in [0.2, 0.25) is 0 Å². The number of pyridine rings is 1. The Morgan fingerprint density at radius 3 is 2.54 bits per heavy atom. The zero-order valence-corrected chi connectivity index (χ0v) is 15.4. The molecule has 2 atom stereocenters. The van der Waals surface area contributed by atoms with Crippen LogP contribution in [-0.4, -0.2) is 35.6 Å². The molecule has 1 aromatic heterocycles. The van der Waals surface area contributed by atoms with Gasteiger partial charge in [-0.1, -0.05) is 18.2 Å². The number of aromatic nitrogens is 1. The number of nitriles is 1. The number of alkyl halides is 3. The first-order chi connectivity index (χ1) is 13.4. The van der Waals surface area contributed by atoms with Crippen LogP contribution in [-0.2, 0) is 12.7 Å². The van der Waals surface area contributed by atoms with Gasteiger partial charge in [0.15, 0.2) is 0 Å². The normalized spacial score (nSPS) is 22.7. The Morgan fingerprint density at radius 1 is 1.07 bits per heavy atom. The topological polar surface area (TPSA) is 43.2 Å². The van der Waals surface area contributed by atoms with E-state index >= 15 is 0 Å². The van der Waals surface area contributed by atoms with Crippen LogP contribution in [0.3, 0.4) is 0 Å². The molecule has 28 heavy (non-hydrogen) atoms. The largest absolute Gasteiger partial charge is 0.433 e. The summed E-state index contributed by atoms with van der Waals surface area (Å²) >= 11 is 0. The summed E-state index contributed by atoms with van der Waals surface area (Å²) in [5.74, 6) is 0.971. The molecule has 4 nitrogen and oxygen atoms in total. The minimum Gasteiger partial charge on any atom is -0.355 e. The predicted octanol–water partition coefficient (Wildman–Crippen LogP) is 4.07. The van der Waals surface area contributed by atoms with E-state index in [1.807, 2.05) is 29.2 Å². The third-order valence-corrected chi connectivity index (χ3v) is 5.80. The number of likely N-dealkylation sites (tertiary alicyclic amines) is 1. The molecule has 0 spiro atoms. The van der Waals surface area contributed by atoms with Crippen LogP contribution in [0.5, 0.6) is 0 Å². The monoisotopic (exact) mass is 386 g/mol. The number of halogens is 3. The first-order valence-electron chi connectivity index (χ1n) is 9.46. The van der Waals surface area contributed by atoms with Crippen molar-refractivity contribution in [2.45, 2.75) is 31.6 Å². The van der Waals surface area contributed by atoms with Crippen LogP contribution < -0.4 is 4.90 Å². The third kappa shape index (κ3) is 3.83. The fourth-order valence-corrected chi connectivity index (χ4v) is 4.31. The number of benzene rings is 1. The van der Waals surface area contributed by atoms with Gasteiger partial charge in [0.1, 0.15) is 11.5 Å². The van der Waals surface area contributed by atoms with Crippen molar-refractivity contribution in [3.05, 3.63) is 59.3 Å². The standard InChI is InChI=1S/C21H21F3N4/c22-21(23,24)19-2-1-3-20(26-19)28-11-9-17-8-10-27(18(17)14-28)13-16-6-4-15(12-25)5-7-16/h1-7,17-18H,8-11,13-14H2. The van der Waals surface area contributed by atoms with Gasteiger partial charge in [-0.2, -0.15) is 18.4 Å². The molecule has 2 saturated heterocycles. The SMILES string of the molecule is N#Cc1ccc(CN2CCC3CCN(c4cccc(C(F)(F)F)n4)CC32)cc1. The maximum atomic E-state index is 13.0. The second kappa shape index (κ2) is 7.44. The molecule has 7 heteroatoms. The minimum absolute atomic E-state index is 0.306. The number of piperidine rings is 1. The average molecular weight is 386 g/mol. The van der Waals surface area contributed by atoms with Gasteiger partial charge in [-0.05, 0) is 55.1 Å². The number of hydrogen-bond donors (Lipinski definition) is 0. The maximum absolute atomic E-state index is 13.0. The Labute approximate surface area is 162 Å². The predicted molar refractivity (Wildman–Crippen MR) is 99.5 cm³/mol. The van der Waals surface area contributed by atoms with Crippen molar-refractivity contribution in [2.24, 2.45) is 5.92 Å². The van der Waals surface area contributed by atoms with Crippen molar-refractivity contribution in [3.63, 3.8) is 0 Å². The summed E-state index contributed by atoms with van der Waals surface area (Å²) < 4.78 is 39.0. The number of nitrogens with zero attached hydrogens (tertiary/aromatic N) is 4.